The summed E-state index contributed by atoms with van der Waals surface area (Å²) in [5, 5.41) is 0. The average molecular weight is 599 g/mol. The second-order valence-electron chi connectivity index (χ2n) is 16.8. The molecule has 0 aromatic rings. The van der Waals surface area contributed by atoms with Crippen molar-refractivity contribution >= 4 is 0 Å². The highest BCUT2D eigenvalue weighted by Crippen LogP contribution is 2.47. The Hall–Kier alpha value is -0.0400. The molecule has 0 radical (unpaired) electrons. The molecule has 4 fully saturated rings. The van der Waals surface area contributed by atoms with Crippen molar-refractivity contribution in [3.05, 3.63) is 0 Å². The van der Waals surface area contributed by atoms with Gasteiger partial charge in [0.2, 0.25) is 0 Å². The highest BCUT2D eigenvalue weighted by atomic mass is 16.5. The van der Waals surface area contributed by atoms with Crippen LogP contribution in [0.5, 0.6) is 0 Å². The average Bonchev–Trinajstić information content (AvgIpc) is 3.04. The van der Waals surface area contributed by atoms with Crippen LogP contribution in [-0.2, 0) is 4.74 Å². The van der Waals surface area contributed by atoms with Gasteiger partial charge in [-0.25, -0.2) is 0 Å². The van der Waals surface area contributed by atoms with Gasteiger partial charge in [-0.15, -0.1) is 0 Å². The summed E-state index contributed by atoms with van der Waals surface area (Å²) < 4.78 is 6.70. The first-order valence-corrected chi connectivity index (χ1v) is 20.7. The van der Waals surface area contributed by atoms with Crippen LogP contribution in [0.1, 0.15) is 195 Å². The first-order chi connectivity index (χ1) is 21.1. The van der Waals surface area contributed by atoms with Crippen LogP contribution in [0.4, 0.5) is 0 Å². The SMILES string of the molecule is CCCC1CCC(C(CCOCCC(C2CCC(CCC)CC2)C2CCC(CCC)CC2)C2CCC(CCC)CC2)CC1. The lowest BCUT2D eigenvalue weighted by Crippen LogP contribution is -2.32. The Morgan fingerprint density at radius 3 is 0.814 bits per heavy atom. The summed E-state index contributed by atoms with van der Waals surface area (Å²) in [5.41, 5.74) is 0. The highest BCUT2D eigenvalue weighted by molar-refractivity contribution is 4.87. The van der Waals surface area contributed by atoms with Crippen LogP contribution in [0.25, 0.3) is 0 Å². The molecule has 0 atom stereocenters. The van der Waals surface area contributed by atoms with Gasteiger partial charge >= 0.3 is 0 Å². The lowest BCUT2D eigenvalue weighted by Gasteiger charge is -2.41. The minimum atomic E-state index is 0.948. The summed E-state index contributed by atoms with van der Waals surface area (Å²) >= 11 is 0. The fourth-order valence-electron chi connectivity index (χ4n) is 11.5. The van der Waals surface area contributed by atoms with Crippen molar-refractivity contribution < 1.29 is 4.74 Å². The van der Waals surface area contributed by atoms with Crippen LogP contribution in [0, 0.1) is 59.2 Å². The molecule has 43 heavy (non-hydrogen) atoms. The molecule has 0 N–H and O–H groups in total. The second-order valence-corrected chi connectivity index (χ2v) is 16.8. The first kappa shape index (κ1) is 35.8. The zero-order valence-corrected chi connectivity index (χ0v) is 30.0. The summed E-state index contributed by atoms with van der Waals surface area (Å²) in [6, 6.07) is 0. The largest absolute Gasteiger partial charge is 0.381 e. The molecule has 4 aliphatic carbocycles. The van der Waals surface area contributed by atoms with Crippen LogP contribution >= 0.6 is 0 Å². The van der Waals surface area contributed by atoms with Crippen LogP contribution in [0.3, 0.4) is 0 Å². The quantitative estimate of drug-likeness (QED) is 0.143. The number of hydrogen-bond donors (Lipinski definition) is 0. The smallest absolute Gasteiger partial charge is 0.0468 e. The van der Waals surface area contributed by atoms with Gasteiger partial charge in [0.25, 0.3) is 0 Å². The third-order valence-electron chi connectivity index (χ3n) is 14.0. The molecule has 0 bridgehead atoms. The lowest BCUT2D eigenvalue weighted by atomic mass is 9.65. The van der Waals surface area contributed by atoms with Crippen molar-refractivity contribution in [1.29, 1.82) is 0 Å². The van der Waals surface area contributed by atoms with E-state index in [9.17, 15) is 0 Å². The van der Waals surface area contributed by atoms with E-state index in [1.54, 1.807) is 0 Å². The summed E-state index contributed by atoms with van der Waals surface area (Å²) in [4.78, 5) is 0. The van der Waals surface area contributed by atoms with E-state index in [0.29, 0.717) is 0 Å². The van der Waals surface area contributed by atoms with E-state index in [0.717, 1.165) is 72.4 Å². The Morgan fingerprint density at radius 1 is 0.372 bits per heavy atom. The predicted octanol–water partition coefficient (Wildman–Crippen LogP) is 13.4. The summed E-state index contributed by atoms with van der Waals surface area (Å²) in [6.45, 7) is 11.7. The van der Waals surface area contributed by atoms with Gasteiger partial charge in [0.15, 0.2) is 0 Å². The zero-order valence-electron chi connectivity index (χ0n) is 30.0. The second kappa shape index (κ2) is 20.3. The van der Waals surface area contributed by atoms with E-state index < -0.39 is 0 Å². The van der Waals surface area contributed by atoms with Crippen LogP contribution in [0.2, 0.25) is 0 Å². The minimum absolute atomic E-state index is 0.948. The molecule has 4 aliphatic rings. The predicted molar refractivity (Wildman–Crippen MR) is 188 cm³/mol. The summed E-state index contributed by atoms with van der Waals surface area (Å²) in [7, 11) is 0. The maximum absolute atomic E-state index is 6.70. The molecule has 0 amide bonds. The molecule has 0 unspecified atom stereocenters. The van der Waals surface area contributed by atoms with Crippen LogP contribution in [0.15, 0.2) is 0 Å². The van der Waals surface area contributed by atoms with E-state index in [4.69, 9.17) is 4.74 Å². The molecule has 1 nitrogen and oxygen atoms in total. The van der Waals surface area contributed by atoms with E-state index in [-0.39, 0.29) is 0 Å². The summed E-state index contributed by atoms with van der Waals surface area (Å²) in [6.07, 6.45) is 38.5. The molecule has 0 saturated heterocycles. The molecule has 4 rings (SSSR count). The molecule has 0 aliphatic heterocycles. The van der Waals surface area contributed by atoms with Crippen molar-refractivity contribution in [1.82, 2.24) is 0 Å². The molecule has 0 aromatic carbocycles. The van der Waals surface area contributed by atoms with Crippen molar-refractivity contribution in [3.8, 4) is 0 Å². The van der Waals surface area contributed by atoms with Crippen LogP contribution in [-0.4, -0.2) is 13.2 Å². The molecular weight excluding hydrogens is 520 g/mol. The van der Waals surface area contributed by atoms with Crippen molar-refractivity contribution in [2.24, 2.45) is 59.2 Å². The van der Waals surface area contributed by atoms with Gasteiger partial charge in [0, 0.05) is 13.2 Å². The number of ether oxygens (including phenoxy) is 1. The number of rotatable bonds is 18. The normalized spacial score (nSPS) is 35.4. The van der Waals surface area contributed by atoms with Gasteiger partial charge in [-0.05, 0) is 123 Å². The molecular formula is C42H78O. The third-order valence-corrected chi connectivity index (χ3v) is 14.0. The van der Waals surface area contributed by atoms with E-state index in [1.165, 1.54) is 167 Å². The standard InChI is InChI=1S/C42H78O/c1-5-9-33-13-21-37(22-14-33)41(38-23-15-34(10-6-2)16-24-38)29-31-43-32-30-42(39-25-17-35(11-7-3)18-26-39)40-27-19-36(12-8-4)20-28-40/h33-42H,5-32H2,1-4H3. The summed E-state index contributed by atoms with van der Waals surface area (Å²) in [5.74, 6) is 10.0. The molecule has 0 heterocycles. The number of hydrogen-bond acceptors (Lipinski definition) is 1. The molecule has 1 heteroatoms. The zero-order chi connectivity index (χ0) is 30.3. The fourth-order valence-corrected chi connectivity index (χ4v) is 11.5. The maximum Gasteiger partial charge on any atom is 0.0468 e. The van der Waals surface area contributed by atoms with Crippen molar-refractivity contribution in [2.75, 3.05) is 13.2 Å². The highest BCUT2D eigenvalue weighted by Gasteiger charge is 2.36. The van der Waals surface area contributed by atoms with Crippen molar-refractivity contribution in [3.63, 3.8) is 0 Å². The van der Waals surface area contributed by atoms with Gasteiger partial charge < -0.3 is 4.74 Å². The van der Waals surface area contributed by atoms with Gasteiger partial charge in [0.05, 0.1) is 0 Å². The van der Waals surface area contributed by atoms with Crippen molar-refractivity contribution in [2.45, 2.75) is 195 Å². The lowest BCUT2D eigenvalue weighted by molar-refractivity contribution is 0.0369. The Bertz CT molecular complexity index is 559. The Kier molecular flexibility index (Phi) is 16.9. The van der Waals surface area contributed by atoms with E-state index in [2.05, 4.69) is 27.7 Å². The maximum atomic E-state index is 6.70. The third kappa shape index (κ3) is 11.6. The Morgan fingerprint density at radius 2 is 0.605 bits per heavy atom. The van der Waals surface area contributed by atoms with Gasteiger partial charge in [-0.3, -0.25) is 0 Å². The molecule has 252 valence electrons. The van der Waals surface area contributed by atoms with Crippen LogP contribution < -0.4 is 0 Å². The Balaban J connectivity index is 1.27. The monoisotopic (exact) mass is 599 g/mol. The molecule has 0 aromatic heterocycles. The van der Waals surface area contributed by atoms with Gasteiger partial charge in [-0.2, -0.15) is 0 Å². The Labute approximate surface area is 271 Å². The first-order valence-electron chi connectivity index (χ1n) is 20.7. The van der Waals surface area contributed by atoms with E-state index in [1.807, 2.05) is 0 Å². The van der Waals surface area contributed by atoms with E-state index >= 15 is 0 Å². The van der Waals surface area contributed by atoms with Gasteiger partial charge in [0.1, 0.15) is 0 Å². The fraction of sp³-hybridized carbons (Fsp3) is 1.00. The molecule has 0 spiro atoms. The topological polar surface area (TPSA) is 9.23 Å². The van der Waals surface area contributed by atoms with Gasteiger partial charge in [-0.1, -0.05) is 130 Å². The molecule has 4 saturated carbocycles. The minimum Gasteiger partial charge on any atom is -0.381 e.